The van der Waals surface area contributed by atoms with E-state index in [0.717, 1.165) is 35.2 Å². The van der Waals surface area contributed by atoms with E-state index in [1.165, 1.54) is 0 Å². The van der Waals surface area contributed by atoms with Gasteiger partial charge in [-0.15, -0.1) is 0 Å². The molecule has 1 aliphatic rings. The molecule has 1 N–H and O–H groups in total. The monoisotopic (exact) mass is 381 g/mol. The summed E-state index contributed by atoms with van der Waals surface area (Å²) in [6.45, 7) is 10.4. The number of hydrogen-bond donors (Lipinski definition) is 1. The molecule has 7 heteroatoms. The molecule has 1 fully saturated rings. The number of rotatable bonds is 5. The predicted molar refractivity (Wildman–Crippen MR) is 108 cm³/mol. The molecule has 0 spiro atoms. The van der Waals surface area contributed by atoms with Gasteiger partial charge in [0.2, 0.25) is 5.88 Å². The van der Waals surface area contributed by atoms with Crippen molar-refractivity contribution in [3.05, 3.63) is 36.8 Å². The summed E-state index contributed by atoms with van der Waals surface area (Å²) in [7, 11) is 0. The first kappa shape index (κ1) is 18.8. The minimum Gasteiger partial charge on any atom is -0.474 e. The number of nitrogens with zero attached hydrogens (tertiary/aromatic N) is 4. The minimum absolute atomic E-state index is 0.0235. The Morgan fingerprint density at radius 3 is 3.00 bits per heavy atom. The zero-order valence-corrected chi connectivity index (χ0v) is 16.8. The third-order valence-electron chi connectivity index (χ3n) is 4.81. The lowest BCUT2D eigenvalue weighted by atomic mass is 10.1. The van der Waals surface area contributed by atoms with Crippen LogP contribution in [0.15, 0.2) is 36.8 Å². The van der Waals surface area contributed by atoms with E-state index in [2.05, 4.69) is 43.1 Å². The molecule has 3 aromatic rings. The van der Waals surface area contributed by atoms with Gasteiger partial charge < -0.3 is 14.8 Å². The number of fused-ring (bicyclic) bond motifs is 1. The lowest BCUT2D eigenvalue weighted by Crippen LogP contribution is -2.52. The van der Waals surface area contributed by atoms with E-state index in [-0.39, 0.29) is 11.7 Å². The summed E-state index contributed by atoms with van der Waals surface area (Å²) in [4.78, 5) is 9.27. The normalized spacial score (nSPS) is 19.2. The third kappa shape index (κ3) is 4.00. The van der Waals surface area contributed by atoms with Crippen LogP contribution >= 0.6 is 0 Å². The van der Waals surface area contributed by atoms with Gasteiger partial charge >= 0.3 is 0 Å². The molecule has 3 aromatic heterocycles. The topological polar surface area (TPSA) is 74.1 Å². The van der Waals surface area contributed by atoms with Crippen molar-refractivity contribution in [2.45, 2.75) is 45.4 Å². The summed E-state index contributed by atoms with van der Waals surface area (Å²) < 4.78 is 14.2. The second-order valence-electron chi connectivity index (χ2n) is 8.13. The minimum atomic E-state index is -0.198. The summed E-state index contributed by atoms with van der Waals surface area (Å²) in [5, 5.41) is 8.72. The SMILES string of the molecule is CC(C)n1cc(-c2cc3ncccc3c(OC[C@@H]3CNCC(C)(C)O3)n2)cn1. The molecule has 0 aliphatic carbocycles. The molecule has 7 nitrogen and oxygen atoms in total. The second kappa shape index (κ2) is 7.48. The number of pyridine rings is 2. The quantitative estimate of drug-likeness (QED) is 0.731. The Bertz CT molecular complexity index is 966. The summed E-state index contributed by atoms with van der Waals surface area (Å²) >= 11 is 0. The van der Waals surface area contributed by atoms with Crippen LogP contribution in [0, 0.1) is 0 Å². The van der Waals surface area contributed by atoms with Gasteiger partial charge in [-0.25, -0.2) is 4.98 Å². The third-order valence-corrected chi connectivity index (χ3v) is 4.81. The summed E-state index contributed by atoms with van der Waals surface area (Å²) in [6, 6.07) is 6.15. The lowest BCUT2D eigenvalue weighted by molar-refractivity contribution is -0.107. The maximum absolute atomic E-state index is 6.13. The Balaban J connectivity index is 1.63. The van der Waals surface area contributed by atoms with E-state index in [0.29, 0.717) is 18.5 Å². The Labute approximate surface area is 165 Å². The maximum atomic E-state index is 6.13. The Hall–Kier alpha value is -2.51. The highest BCUT2D eigenvalue weighted by Gasteiger charge is 2.29. The van der Waals surface area contributed by atoms with Crippen LogP contribution in [0.1, 0.15) is 33.7 Å². The highest BCUT2D eigenvalue weighted by Crippen LogP contribution is 2.29. The van der Waals surface area contributed by atoms with Crippen LogP contribution in [-0.2, 0) is 4.74 Å². The van der Waals surface area contributed by atoms with Crippen molar-refractivity contribution in [1.82, 2.24) is 25.1 Å². The first-order chi connectivity index (χ1) is 13.4. The van der Waals surface area contributed by atoms with Gasteiger partial charge in [0.15, 0.2) is 0 Å². The van der Waals surface area contributed by atoms with Crippen LogP contribution in [-0.4, -0.2) is 51.1 Å². The van der Waals surface area contributed by atoms with E-state index < -0.39 is 0 Å². The largest absolute Gasteiger partial charge is 0.474 e. The van der Waals surface area contributed by atoms with Crippen molar-refractivity contribution in [2.24, 2.45) is 0 Å². The fraction of sp³-hybridized carbons (Fsp3) is 0.476. The number of aromatic nitrogens is 4. The summed E-state index contributed by atoms with van der Waals surface area (Å²) in [5.41, 5.74) is 2.40. The average molecular weight is 381 g/mol. The molecule has 1 atom stereocenters. The van der Waals surface area contributed by atoms with Crippen molar-refractivity contribution < 1.29 is 9.47 Å². The number of morpholine rings is 1. The molecule has 0 bridgehead atoms. The standard InChI is InChI=1S/C21H27N5O2/c1-14(2)26-11-15(9-24-26)18-8-19-17(6-5-7-23-19)20(25-18)27-12-16-10-22-13-21(3,4)28-16/h5-9,11,14,16,22H,10,12-13H2,1-4H3/t16-/m0/s1. The van der Waals surface area contributed by atoms with Crippen LogP contribution in [0.4, 0.5) is 0 Å². The zero-order valence-electron chi connectivity index (χ0n) is 16.8. The molecule has 0 unspecified atom stereocenters. The Morgan fingerprint density at radius 2 is 2.25 bits per heavy atom. The smallest absolute Gasteiger partial charge is 0.223 e. The van der Waals surface area contributed by atoms with Crippen molar-refractivity contribution in [1.29, 1.82) is 0 Å². The van der Waals surface area contributed by atoms with E-state index >= 15 is 0 Å². The van der Waals surface area contributed by atoms with Gasteiger partial charge in [0.05, 0.1) is 28.4 Å². The number of nitrogens with one attached hydrogen (secondary N) is 1. The fourth-order valence-electron chi connectivity index (χ4n) is 3.39. The van der Waals surface area contributed by atoms with E-state index in [9.17, 15) is 0 Å². The van der Waals surface area contributed by atoms with Crippen LogP contribution < -0.4 is 10.1 Å². The lowest BCUT2D eigenvalue weighted by Gasteiger charge is -2.36. The van der Waals surface area contributed by atoms with Gasteiger partial charge in [-0.3, -0.25) is 9.67 Å². The van der Waals surface area contributed by atoms with Crippen LogP contribution in [0.2, 0.25) is 0 Å². The molecule has 0 amide bonds. The number of ether oxygens (including phenoxy) is 2. The molecule has 4 heterocycles. The highest BCUT2D eigenvalue weighted by molar-refractivity contribution is 5.86. The van der Waals surface area contributed by atoms with Crippen LogP contribution in [0.5, 0.6) is 5.88 Å². The van der Waals surface area contributed by atoms with Gasteiger partial charge in [0.1, 0.15) is 12.7 Å². The molecule has 0 saturated carbocycles. The molecule has 0 radical (unpaired) electrons. The Kier molecular flexibility index (Phi) is 5.03. The van der Waals surface area contributed by atoms with Crippen molar-refractivity contribution in [3.63, 3.8) is 0 Å². The zero-order chi connectivity index (χ0) is 19.7. The van der Waals surface area contributed by atoms with Crippen LogP contribution in [0.3, 0.4) is 0 Å². The van der Waals surface area contributed by atoms with Gasteiger partial charge in [-0.05, 0) is 45.9 Å². The average Bonchev–Trinajstić information content (AvgIpc) is 3.16. The molecule has 28 heavy (non-hydrogen) atoms. The first-order valence-electron chi connectivity index (χ1n) is 9.73. The maximum Gasteiger partial charge on any atom is 0.223 e. The molecular formula is C21H27N5O2. The Morgan fingerprint density at radius 1 is 1.39 bits per heavy atom. The number of hydrogen-bond acceptors (Lipinski definition) is 6. The van der Waals surface area contributed by atoms with Crippen molar-refractivity contribution in [3.8, 4) is 17.1 Å². The second-order valence-corrected chi connectivity index (χ2v) is 8.13. The highest BCUT2D eigenvalue weighted by atomic mass is 16.6. The fourth-order valence-corrected chi connectivity index (χ4v) is 3.39. The molecule has 148 valence electrons. The van der Waals surface area contributed by atoms with Crippen molar-refractivity contribution in [2.75, 3.05) is 19.7 Å². The summed E-state index contributed by atoms with van der Waals surface area (Å²) in [6.07, 6.45) is 5.59. The van der Waals surface area contributed by atoms with Gasteiger partial charge in [-0.1, -0.05) is 0 Å². The van der Waals surface area contributed by atoms with E-state index in [4.69, 9.17) is 14.5 Å². The van der Waals surface area contributed by atoms with E-state index in [1.54, 1.807) is 6.20 Å². The van der Waals surface area contributed by atoms with Gasteiger partial charge in [0.25, 0.3) is 0 Å². The van der Waals surface area contributed by atoms with Gasteiger partial charge in [0, 0.05) is 37.1 Å². The summed E-state index contributed by atoms with van der Waals surface area (Å²) in [5.74, 6) is 0.574. The first-order valence-corrected chi connectivity index (χ1v) is 9.73. The molecule has 4 rings (SSSR count). The molecular weight excluding hydrogens is 354 g/mol. The predicted octanol–water partition coefficient (Wildman–Crippen LogP) is 3.22. The van der Waals surface area contributed by atoms with E-state index in [1.807, 2.05) is 35.3 Å². The van der Waals surface area contributed by atoms with Gasteiger partial charge in [-0.2, -0.15) is 5.10 Å². The molecule has 1 aliphatic heterocycles. The van der Waals surface area contributed by atoms with Crippen LogP contribution in [0.25, 0.3) is 22.2 Å². The van der Waals surface area contributed by atoms with Crippen molar-refractivity contribution >= 4 is 10.9 Å². The molecule has 1 saturated heterocycles. The molecule has 0 aromatic carbocycles.